The third-order valence-electron chi connectivity index (χ3n) is 2.13. The molecule has 2 aromatic rings. The Balaban J connectivity index is 0.000000352. The summed E-state index contributed by atoms with van der Waals surface area (Å²) in [5, 5.41) is 0. The van der Waals surface area contributed by atoms with Crippen molar-refractivity contribution in [2.24, 2.45) is 0 Å². The molecule has 104 valence electrons. The van der Waals surface area contributed by atoms with E-state index in [-0.39, 0.29) is 11.2 Å². The first-order valence-electron chi connectivity index (χ1n) is 5.48. The minimum absolute atomic E-state index is 0. The third kappa shape index (κ3) is 8.96. The standard InChI is InChI=1S/C7H8O3S.C7H8.H2O/c8-11(9,10)6-7-4-2-1-3-5-7;1-7-5-3-2-4-6-7;/h1-5H,6H2,(H,8,9,10);2-6H,1H3;1H2. The summed E-state index contributed by atoms with van der Waals surface area (Å²) in [7, 11) is -3.88. The van der Waals surface area contributed by atoms with E-state index in [1.807, 2.05) is 18.2 Å². The molecule has 0 saturated carbocycles. The quantitative estimate of drug-likeness (QED) is 0.857. The van der Waals surface area contributed by atoms with E-state index < -0.39 is 10.1 Å². The van der Waals surface area contributed by atoms with E-state index >= 15 is 0 Å². The Morgan fingerprint density at radius 2 is 1.32 bits per heavy atom. The Morgan fingerprint density at radius 1 is 0.895 bits per heavy atom. The number of benzene rings is 2. The van der Waals surface area contributed by atoms with Crippen LogP contribution in [-0.4, -0.2) is 18.4 Å². The summed E-state index contributed by atoms with van der Waals surface area (Å²) >= 11 is 0. The highest BCUT2D eigenvalue weighted by Gasteiger charge is 2.04. The molecule has 0 aromatic heterocycles. The Kier molecular flexibility index (Phi) is 7.67. The lowest BCUT2D eigenvalue weighted by Gasteiger charge is -1.95. The van der Waals surface area contributed by atoms with Crippen molar-refractivity contribution in [3.63, 3.8) is 0 Å². The lowest BCUT2D eigenvalue weighted by atomic mass is 10.2. The van der Waals surface area contributed by atoms with Crippen molar-refractivity contribution in [3.05, 3.63) is 71.8 Å². The van der Waals surface area contributed by atoms with Crippen molar-refractivity contribution in [1.82, 2.24) is 0 Å². The molecule has 0 amide bonds. The van der Waals surface area contributed by atoms with E-state index in [2.05, 4.69) is 19.1 Å². The molecule has 0 aliphatic carbocycles. The molecule has 2 rings (SSSR count). The summed E-state index contributed by atoms with van der Waals surface area (Å²) in [4.78, 5) is 0. The molecule has 0 radical (unpaired) electrons. The van der Waals surface area contributed by atoms with E-state index in [0.29, 0.717) is 5.56 Å². The van der Waals surface area contributed by atoms with Crippen molar-refractivity contribution in [2.45, 2.75) is 12.7 Å². The Hall–Kier alpha value is -1.69. The Bertz CT molecular complexity index is 551. The van der Waals surface area contributed by atoms with E-state index in [4.69, 9.17) is 4.55 Å². The van der Waals surface area contributed by atoms with Crippen LogP contribution < -0.4 is 0 Å². The maximum absolute atomic E-state index is 10.4. The van der Waals surface area contributed by atoms with Gasteiger partial charge in [-0.1, -0.05) is 66.2 Å². The van der Waals surface area contributed by atoms with E-state index in [1.54, 1.807) is 30.3 Å². The molecule has 3 N–H and O–H groups in total. The average Bonchev–Trinajstić information content (AvgIpc) is 2.30. The fourth-order valence-electron chi connectivity index (χ4n) is 1.32. The summed E-state index contributed by atoms with van der Waals surface area (Å²) in [6.45, 7) is 2.08. The van der Waals surface area contributed by atoms with E-state index in [9.17, 15) is 8.42 Å². The second-order valence-corrected chi connectivity index (χ2v) is 5.32. The van der Waals surface area contributed by atoms with Gasteiger partial charge in [0.05, 0.1) is 0 Å². The first-order valence-corrected chi connectivity index (χ1v) is 7.09. The van der Waals surface area contributed by atoms with Gasteiger partial charge in [-0.3, -0.25) is 4.55 Å². The third-order valence-corrected chi connectivity index (χ3v) is 2.83. The zero-order valence-electron chi connectivity index (χ0n) is 10.7. The Morgan fingerprint density at radius 3 is 1.63 bits per heavy atom. The lowest BCUT2D eigenvalue weighted by molar-refractivity contribution is 0.482. The molecule has 4 nitrogen and oxygen atoms in total. The number of rotatable bonds is 2. The molecular formula is C14H18O4S. The van der Waals surface area contributed by atoms with Crippen molar-refractivity contribution >= 4 is 10.1 Å². The summed E-state index contributed by atoms with van der Waals surface area (Å²) in [5.74, 6) is -0.312. The summed E-state index contributed by atoms with van der Waals surface area (Å²) in [5.41, 5.74) is 1.91. The van der Waals surface area contributed by atoms with Gasteiger partial charge in [0.15, 0.2) is 0 Å². The van der Waals surface area contributed by atoms with Crippen molar-refractivity contribution < 1.29 is 18.4 Å². The molecule has 2 aromatic carbocycles. The van der Waals surface area contributed by atoms with Crippen molar-refractivity contribution in [2.75, 3.05) is 0 Å². The van der Waals surface area contributed by atoms with Crippen LogP contribution in [0, 0.1) is 6.92 Å². The molecule has 0 unspecified atom stereocenters. The van der Waals surface area contributed by atoms with Crippen LogP contribution in [0.2, 0.25) is 0 Å². The van der Waals surface area contributed by atoms with Crippen molar-refractivity contribution in [1.29, 1.82) is 0 Å². The average molecular weight is 282 g/mol. The highest BCUT2D eigenvalue weighted by Crippen LogP contribution is 2.02. The van der Waals surface area contributed by atoms with Gasteiger partial charge in [0.1, 0.15) is 5.75 Å². The van der Waals surface area contributed by atoms with Gasteiger partial charge in [-0.2, -0.15) is 8.42 Å². The van der Waals surface area contributed by atoms with Gasteiger partial charge in [-0.25, -0.2) is 0 Å². The molecular weight excluding hydrogens is 264 g/mol. The predicted octanol–water partition coefficient (Wildman–Crippen LogP) is 2.24. The highest BCUT2D eigenvalue weighted by molar-refractivity contribution is 7.85. The molecule has 0 atom stereocenters. The van der Waals surface area contributed by atoms with E-state index in [0.717, 1.165) is 0 Å². The monoisotopic (exact) mass is 282 g/mol. The maximum Gasteiger partial charge on any atom is 0.269 e. The first kappa shape index (κ1) is 17.3. The van der Waals surface area contributed by atoms with Gasteiger partial charge < -0.3 is 5.48 Å². The highest BCUT2D eigenvalue weighted by atomic mass is 32.2. The van der Waals surface area contributed by atoms with E-state index in [1.165, 1.54) is 5.56 Å². The molecule has 0 saturated heterocycles. The zero-order chi connectivity index (χ0) is 13.4. The van der Waals surface area contributed by atoms with Crippen LogP contribution in [0.15, 0.2) is 60.7 Å². The summed E-state index contributed by atoms with van der Waals surface area (Å²) in [6, 6.07) is 18.8. The molecule has 0 spiro atoms. The molecule has 0 fully saturated rings. The van der Waals surface area contributed by atoms with Crippen LogP contribution in [0.25, 0.3) is 0 Å². The number of hydrogen-bond acceptors (Lipinski definition) is 2. The molecule has 0 heterocycles. The van der Waals surface area contributed by atoms with Gasteiger partial charge in [-0.05, 0) is 12.5 Å². The summed E-state index contributed by atoms with van der Waals surface area (Å²) < 4.78 is 29.2. The number of hydrogen-bond donors (Lipinski definition) is 1. The van der Waals surface area contributed by atoms with Gasteiger partial charge >= 0.3 is 0 Å². The van der Waals surface area contributed by atoms with Gasteiger partial charge in [0.2, 0.25) is 0 Å². The molecule has 5 heteroatoms. The topological polar surface area (TPSA) is 85.9 Å². The Labute approximate surface area is 113 Å². The SMILES string of the molecule is Cc1ccccc1.O.O=S(=O)(O)Cc1ccccc1. The van der Waals surface area contributed by atoms with Gasteiger partial charge in [0, 0.05) is 0 Å². The van der Waals surface area contributed by atoms with Crippen LogP contribution in [0.4, 0.5) is 0 Å². The van der Waals surface area contributed by atoms with Crippen LogP contribution in [0.3, 0.4) is 0 Å². The van der Waals surface area contributed by atoms with Gasteiger partial charge in [-0.15, -0.1) is 0 Å². The molecule has 0 bridgehead atoms. The maximum atomic E-state index is 10.4. The first-order chi connectivity index (χ1) is 8.47. The smallest absolute Gasteiger partial charge is 0.269 e. The van der Waals surface area contributed by atoms with Gasteiger partial charge in [0.25, 0.3) is 10.1 Å². The van der Waals surface area contributed by atoms with Crippen LogP contribution in [0.1, 0.15) is 11.1 Å². The fourth-order valence-corrected chi connectivity index (χ4v) is 1.93. The fraction of sp³-hybridized carbons (Fsp3) is 0.143. The largest absolute Gasteiger partial charge is 0.412 e. The molecule has 0 aliphatic heterocycles. The summed E-state index contributed by atoms with van der Waals surface area (Å²) in [6.07, 6.45) is 0. The second kappa shape index (κ2) is 8.42. The second-order valence-electron chi connectivity index (χ2n) is 3.87. The molecule has 19 heavy (non-hydrogen) atoms. The lowest BCUT2D eigenvalue weighted by Crippen LogP contribution is -2.00. The van der Waals surface area contributed by atoms with Crippen LogP contribution in [0.5, 0.6) is 0 Å². The minimum atomic E-state index is -3.88. The normalized spacial score (nSPS) is 9.79. The van der Waals surface area contributed by atoms with Crippen LogP contribution in [-0.2, 0) is 15.9 Å². The van der Waals surface area contributed by atoms with Crippen LogP contribution >= 0.6 is 0 Å². The predicted molar refractivity (Wildman–Crippen MR) is 76.5 cm³/mol. The number of aryl methyl sites for hydroxylation is 1. The zero-order valence-corrected chi connectivity index (χ0v) is 11.5. The minimum Gasteiger partial charge on any atom is -0.412 e. The van der Waals surface area contributed by atoms with Crippen molar-refractivity contribution in [3.8, 4) is 0 Å². The molecule has 0 aliphatic rings.